The van der Waals surface area contributed by atoms with Crippen LogP contribution >= 0.6 is 0 Å². The fourth-order valence-corrected chi connectivity index (χ4v) is 2.74. The van der Waals surface area contributed by atoms with Crippen LogP contribution in [0.3, 0.4) is 0 Å². The van der Waals surface area contributed by atoms with E-state index in [1.54, 1.807) is 7.11 Å². The second-order valence-corrected chi connectivity index (χ2v) is 5.80. The summed E-state index contributed by atoms with van der Waals surface area (Å²) >= 11 is 0. The Labute approximate surface area is 117 Å². The lowest BCUT2D eigenvalue weighted by Crippen LogP contribution is -2.23. The van der Waals surface area contributed by atoms with Gasteiger partial charge in [-0.25, -0.2) is 0 Å². The van der Waals surface area contributed by atoms with E-state index in [1.807, 2.05) is 20.2 Å². The smallest absolute Gasteiger partial charge is 0.128 e. The number of aryl methyl sites for hydroxylation is 1. The van der Waals surface area contributed by atoms with Crippen LogP contribution in [0.1, 0.15) is 37.1 Å². The fourth-order valence-electron chi connectivity index (χ4n) is 2.74. The van der Waals surface area contributed by atoms with Gasteiger partial charge in [0.15, 0.2) is 0 Å². The molecule has 0 amide bonds. The summed E-state index contributed by atoms with van der Waals surface area (Å²) in [6.45, 7) is 9.74. The summed E-state index contributed by atoms with van der Waals surface area (Å²) in [7, 11) is 3.75. The first-order valence-corrected chi connectivity index (χ1v) is 7.13. The maximum absolute atomic E-state index is 5.48. The molecule has 0 radical (unpaired) electrons. The normalized spacial score (nSPS) is 12.8. The van der Waals surface area contributed by atoms with Gasteiger partial charge in [0.25, 0.3) is 0 Å². The quantitative estimate of drug-likeness (QED) is 0.821. The van der Waals surface area contributed by atoms with Crippen molar-refractivity contribution < 1.29 is 4.74 Å². The molecule has 1 aromatic heterocycles. The molecule has 1 heterocycles. The number of ether oxygens (including phenoxy) is 1. The highest BCUT2D eigenvalue weighted by molar-refractivity contribution is 5.41. The topological polar surface area (TPSA) is 34.2 Å². The van der Waals surface area contributed by atoms with Crippen molar-refractivity contribution >= 4 is 0 Å². The van der Waals surface area contributed by atoms with Crippen LogP contribution in [0.15, 0.2) is 6.20 Å². The van der Waals surface area contributed by atoms with E-state index in [0.29, 0.717) is 11.8 Å². The van der Waals surface area contributed by atoms with E-state index in [1.165, 1.54) is 17.7 Å². The molecule has 108 valence electrons. The maximum atomic E-state index is 5.48. The number of hydrogen-bond acceptors (Lipinski definition) is 3. The molecule has 3 heteroatoms. The van der Waals surface area contributed by atoms with Gasteiger partial charge in [-0.05, 0) is 52.1 Å². The summed E-state index contributed by atoms with van der Waals surface area (Å²) in [5.74, 6) is 2.33. The standard InChI is InChI=1S/C16H28N2O/c1-11(2)7-14(10-17-5)8-15-13(4)16(19-6)12(3)9-18-15/h9,11,14,17H,7-8,10H2,1-6H3. The van der Waals surface area contributed by atoms with Crippen LogP contribution in [-0.4, -0.2) is 25.7 Å². The molecule has 0 aliphatic heterocycles. The van der Waals surface area contributed by atoms with Crippen LogP contribution < -0.4 is 10.1 Å². The summed E-state index contributed by atoms with van der Waals surface area (Å²) in [5, 5.41) is 3.29. The predicted octanol–water partition coefficient (Wildman–Crippen LogP) is 3.13. The minimum absolute atomic E-state index is 0.628. The second-order valence-electron chi connectivity index (χ2n) is 5.80. The molecule has 1 unspecified atom stereocenters. The molecule has 0 aliphatic carbocycles. The molecular weight excluding hydrogens is 236 g/mol. The summed E-state index contributed by atoms with van der Waals surface area (Å²) in [4.78, 5) is 4.61. The number of nitrogens with zero attached hydrogens (tertiary/aromatic N) is 1. The predicted molar refractivity (Wildman–Crippen MR) is 80.8 cm³/mol. The van der Waals surface area contributed by atoms with Gasteiger partial charge >= 0.3 is 0 Å². The van der Waals surface area contributed by atoms with Gasteiger partial charge in [0.1, 0.15) is 5.75 Å². The van der Waals surface area contributed by atoms with Gasteiger partial charge in [0, 0.05) is 23.0 Å². The van der Waals surface area contributed by atoms with E-state index in [0.717, 1.165) is 24.3 Å². The first-order chi connectivity index (χ1) is 8.99. The van der Waals surface area contributed by atoms with E-state index >= 15 is 0 Å². The number of hydrogen-bond donors (Lipinski definition) is 1. The maximum Gasteiger partial charge on any atom is 0.128 e. The van der Waals surface area contributed by atoms with Crippen LogP contribution in [0.5, 0.6) is 5.75 Å². The summed E-state index contributed by atoms with van der Waals surface area (Å²) in [5.41, 5.74) is 3.47. The van der Waals surface area contributed by atoms with Crippen molar-refractivity contribution in [2.75, 3.05) is 20.7 Å². The third kappa shape index (κ3) is 4.50. The largest absolute Gasteiger partial charge is 0.496 e. The van der Waals surface area contributed by atoms with E-state index in [9.17, 15) is 0 Å². The molecule has 3 nitrogen and oxygen atoms in total. The van der Waals surface area contributed by atoms with E-state index in [-0.39, 0.29) is 0 Å². The molecule has 1 N–H and O–H groups in total. The second kappa shape index (κ2) is 7.49. The molecule has 0 aromatic carbocycles. The zero-order chi connectivity index (χ0) is 14.4. The molecule has 0 spiro atoms. The van der Waals surface area contributed by atoms with Crippen molar-refractivity contribution in [2.24, 2.45) is 11.8 Å². The lowest BCUT2D eigenvalue weighted by atomic mass is 9.91. The molecule has 0 fully saturated rings. The lowest BCUT2D eigenvalue weighted by molar-refractivity contribution is 0.386. The van der Waals surface area contributed by atoms with Crippen molar-refractivity contribution in [1.82, 2.24) is 10.3 Å². The third-order valence-electron chi connectivity index (χ3n) is 3.53. The van der Waals surface area contributed by atoms with Gasteiger partial charge in [-0.3, -0.25) is 4.98 Å². The number of pyridine rings is 1. The molecule has 19 heavy (non-hydrogen) atoms. The third-order valence-corrected chi connectivity index (χ3v) is 3.53. The number of rotatable bonds is 7. The Morgan fingerprint density at radius 3 is 2.53 bits per heavy atom. The highest BCUT2D eigenvalue weighted by Gasteiger charge is 2.16. The van der Waals surface area contributed by atoms with Crippen LogP contribution in [-0.2, 0) is 6.42 Å². The Bertz CT molecular complexity index is 402. The van der Waals surface area contributed by atoms with Crippen molar-refractivity contribution in [2.45, 2.75) is 40.5 Å². The van der Waals surface area contributed by atoms with E-state index < -0.39 is 0 Å². The molecular formula is C16H28N2O. The minimum Gasteiger partial charge on any atom is -0.496 e. The van der Waals surface area contributed by atoms with Gasteiger partial charge in [-0.15, -0.1) is 0 Å². The zero-order valence-corrected chi connectivity index (χ0v) is 13.2. The van der Waals surface area contributed by atoms with Crippen molar-refractivity contribution in [3.63, 3.8) is 0 Å². The van der Waals surface area contributed by atoms with Crippen molar-refractivity contribution in [1.29, 1.82) is 0 Å². The number of nitrogens with one attached hydrogen (secondary N) is 1. The number of aromatic nitrogens is 1. The molecule has 0 saturated carbocycles. The number of methoxy groups -OCH3 is 1. The Kier molecular flexibility index (Phi) is 6.29. The molecule has 0 bridgehead atoms. The van der Waals surface area contributed by atoms with Crippen LogP contribution in [0.2, 0.25) is 0 Å². The molecule has 1 rings (SSSR count). The first kappa shape index (κ1) is 16.0. The zero-order valence-electron chi connectivity index (χ0n) is 13.2. The SMILES string of the molecule is CNCC(Cc1ncc(C)c(OC)c1C)CC(C)C. The average Bonchev–Trinajstić information content (AvgIpc) is 2.33. The van der Waals surface area contributed by atoms with Gasteiger partial charge < -0.3 is 10.1 Å². The summed E-state index contributed by atoms with van der Waals surface area (Å²) < 4.78 is 5.48. The van der Waals surface area contributed by atoms with Crippen LogP contribution in [0.4, 0.5) is 0 Å². The van der Waals surface area contributed by atoms with Gasteiger partial charge in [0.2, 0.25) is 0 Å². The monoisotopic (exact) mass is 264 g/mol. The fraction of sp³-hybridized carbons (Fsp3) is 0.688. The van der Waals surface area contributed by atoms with E-state index in [4.69, 9.17) is 4.74 Å². The highest BCUT2D eigenvalue weighted by atomic mass is 16.5. The van der Waals surface area contributed by atoms with Gasteiger partial charge in [-0.2, -0.15) is 0 Å². The van der Waals surface area contributed by atoms with Crippen molar-refractivity contribution in [3.05, 3.63) is 23.0 Å². The first-order valence-electron chi connectivity index (χ1n) is 7.13. The Morgan fingerprint density at radius 1 is 1.32 bits per heavy atom. The van der Waals surface area contributed by atoms with Crippen LogP contribution in [0.25, 0.3) is 0 Å². The Balaban J connectivity index is 2.90. The highest BCUT2D eigenvalue weighted by Crippen LogP contribution is 2.26. The molecule has 0 aliphatic rings. The molecule has 0 saturated heterocycles. The Morgan fingerprint density at radius 2 is 2.00 bits per heavy atom. The van der Waals surface area contributed by atoms with Gasteiger partial charge in [0.05, 0.1) is 7.11 Å². The summed E-state index contributed by atoms with van der Waals surface area (Å²) in [6, 6.07) is 0. The van der Waals surface area contributed by atoms with Crippen LogP contribution in [0, 0.1) is 25.7 Å². The lowest BCUT2D eigenvalue weighted by Gasteiger charge is -2.20. The Hall–Kier alpha value is -1.09. The molecule has 1 aromatic rings. The molecule has 1 atom stereocenters. The van der Waals surface area contributed by atoms with Crippen molar-refractivity contribution in [3.8, 4) is 5.75 Å². The minimum atomic E-state index is 0.628. The summed E-state index contributed by atoms with van der Waals surface area (Å²) in [6.07, 6.45) is 4.16. The van der Waals surface area contributed by atoms with E-state index in [2.05, 4.69) is 31.1 Å². The van der Waals surface area contributed by atoms with Gasteiger partial charge in [-0.1, -0.05) is 13.8 Å². The average molecular weight is 264 g/mol.